The van der Waals surface area contributed by atoms with Crippen LogP contribution in [0.1, 0.15) is 85.0 Å². The van der Waals surface area contributed by atoms with Gasteiger partial charge in [-0.2, -0.15) is 0 Å². The maximum Gasteiger partial charge on any atom is 0.333 e. The van der Waals surface area contributed by atoms with Gasteiger partial charge in [-0.05, 0) is 19.8 Å². The lowest BCUT2D eigenvalue weighted by atomic mass is 9.99. The Morgan fingerprint density at radius 1 is 0.935 bits per heavy atom. The van der Waals surface area contributed by atoms with E-state index in [1.54, 1.807) is 6.92 Å². The van der Waals surface area contributed by atoms with E-state index in [2.05, 4.69) is 20.4 Å². The lowest BCUT2D eigenvalue weighted by molar-refractivity contribution is -0.252. The number of rotatable bonds is 7. The molecule has 7 nitrogen and oxygen atoms in total. The number of hydrogen-bond acceptors (Lipinski definition) is 7. The third kappa shape index (κ3) is 4.71. The Kier molecular flexibility index (Phi) is 7.08. The zero-order valence-electron chi connectivity index (χ0n) is 19.2. The molecule has 4 rings (SSSR count). The monoisotopic (exact) mass is 438 g/mol. The van der Waals surface area contributed by atoms with E-state index in [1.807, 2.05) is 0 Å². The maximum absolute atomic E-state index is 12.0. The van der Waals surface area contributed by atoms with Crippen LogP contribution in [0.3, 0.4) is 0 Å². The van der Waals surface area contributed by atoms with Gasteiger partial charge in [-0.3, -0.25) is 0 Å². The van der Waals surface area contributed by atoms with Crippen LogP contribution in [-0.4, -0.2) is 54.9 Å². The average molecular weight is 439 g/mol. The smallest absolute Gasteiger partial charge is 0.333 e. The van der Waals surface area contributed by atoms with Crippen molar-refractivity contribution in [2.75, 3.05) is 6.61 Å². The fourth-order valence-electron chi connectivity index (χ4n) is 5.43. The van der Waals surface area contributed by atoms with Gasteiger partial charge >= 0.3 is 5.97 Å². The van der Waals surface area contributed by atoms with Gasteiger partial charge in [0.05, 0.1) is 0 Å². The predicted molar refractivity (Wildman–Crippen MR) is 113 cm³/mol. The van der Waals surface area contributed by atoms with Crippen LogP contribution in [0.2, 0.25) is 0 Å². The first kappa shape index (κ1) is 23.2. The van der Waals surface area contributed by atoms with Crippen molar-refractivity contribution in [2.45, 2.75) is 127 Å². The van der Waals surface area contributed by atoms with E-state index < -0.39 is 29.9 Å². The highest BCUT2D eigenvalue weighted by Gasteiger charge is 2.63. The minimum absolute atomic E-state index is 0.0768. The first-order valence-electron chi connectivity index (χ1n) is 12.1. The number of hydrogen-bond donors (Lipinski definition) is 0. The van der Waals surface area contributed by atoms with Crippen molar-refractivity contribution in [1.82, 2.24) is 0 Å². The third-order valence-electron chi connectivity index (χ3n) is 6.83. The molecule has 3 aliphatic heterocycles. The number of ether oxygens (including phenoxy) is 6. The van der Waals surface area contributed by atoms with E-state index in [1.165, 1.54) is 12.8 Å². The van der Waals surface area contributed by atoms with Crippen molar-refractivity contribution in [2.24, 2.45) is 0 Å². The molecular weight excluding hydrogens is 400 g/mol. The molecule has 4 fully saturated rings. The summed E-state index contributed by atoms with van der Waals surface area (Å²) < 4.78 is 37.9. The second kappa shape index (κ2) is 9.48. The third-order valence-corrected chi connectivity index (χ3v) is 6.83. The van der Waals surface area contributed by atoms with E-state index >= 15 is 0 Å². The highest BCUT2D eigenvalue weighted by molar-refractivity contribution is 5.86. The van der Waals surface area contributed by atoms with Crippen LogP contribution in [0, 0.1) is 0 Å². The van der Waals surface area contributed by atoms with Crippen LogP contribution in [0.25, 0.3) is 0 Å². The summed E-state index contributed by atoms with van der Waals surface area (Å²) in [6.07, 6.45) is 7.75. The highest BCUT2D eigenvalue weighted by Crippen LogP contribution is 2.49. The Balaban J connectivity index is 1.56. The first-order chi connectivity index (χ1) is 14.9. The quantitative estimate of drug-likeness (QED) is 0.431. The van der Waals surface area contributed by atoms with Crippen molar-refractivity contribution in [1.29, 1.82) is 0 Å². The minimum atomic E-state index is -0.658. The fourth-order valence-corrected chi connectivity index (χ4v) is 5.43. The molecule has 0 aromatic carbocycles. The molecule has 7 heteroatoms. The summed E-state index contributed by atoms with van der Waals surface area (Å²) >= 11 is 0. The number of esters is 1. The van der Waals surface area contributed by atoms with Crippen molar-refractivity contribution < 1.29 is 33.2 Å². The zero-order valence-corrected chi connectivity index (χ0v) is 19.2. The summed E-state index contributed by atoms with van der Waals surface area (Å²) in [6, 6.07) is 0. The van der Waals surface area contributed by atoms with E-state index in [9.17, 15) is 4.79 Å². The largest absolute Gasteiger partial charge is 0.459 e. The highest BCUT2D eigenvalue weighted by atomic mass is 16.9. The van der Waals surface area contributed by atoms with Crippen molar-refractivity contribution in [3.8, 4) is 0 Å². The molecular formula is C24H38O7. The Morgan fingerprint density at radius 3 is 2.19 bits per heavy atom. The Morgan fingerprint density at radius 2 is 1.58 bits per heavy atom. The Labute approximate surface area is 185 Å². The molecule has 3 unspecified atom stereocenters. The van der Waals surface area contributed by atoms with Crippen molar-refractivity contribution in [3.05, 3.63) is 12.2 Å². The zero-order chi connectivity index (χ0) is 22.1. The van der Waals surface area contributed by atoms with Gasteiger partial charge in [-0.1, -0.05) is 46.1 Å². The van der Waals surface area contributed by atoms with E-state index in [-0.39, 0.29) is 24.9 Å². The lowest BCUT2D eigenvalue weighted by Gasteiger charge is -2.36. The normalized spacial score (nSPS) is 35.9. The van der Waals surface area contributed by atoms with Gasteiger partial charge in [0.25, 0.3) is 0 Å². The molecule has 4 aliphatic rings. The Bertz CT molecular complexity index is 648. The summed E-state index contributed by atoms with van der Waals surface area (Å²) in [5.41, 5.74) is 0.361. The molecule has 1 saturated carbocycles. The molecule has 3 saturated heterocycles. The molecule has 3 heterocycles. The van der Waals surface area contributed by atoms with Gasteiger partial charge < -0.3 is 28.4 Å². The Hall–Kier alpha value is -0.990. The molecule has 1 spiro atoms. The first-order valence-corrected chi connectivity index (χ1v) is 12.1. The standard InChI is InChI=1S/C24H38O7/c1-5-11-23(12-6-2)30-20-19-18(28-24(29-19)13-9-7-8-10-14-24)17(27-22(20)31-23)15-26-21(25)16(3)4/h17-20,22H,3,5-15H2,1-2,4H3/t17?,18?,19?,20-,22-/m1/s1. The van der Waals surface area contributed by atoms with Crippen LogP contribution in [0.4, 0.5) is 0 Å². The van der Waals surface area contributed by atoms with Gasteiger partial charge in [0.1, 0.15) is 31.0 Å². The van der Waals surface area contributed by atoms with Crippen LogP contribution in [0.5, 0.6) is 0 Å². The summed E-state index contributed by atoms with van der Waals surface area (Å²) in [6.45, 7) is 9.63. The molecule has 176 valence electrons. The molecule has 0 bridgehead atoms. The van der Waals surface area contributed by atoms with Crippen molar-refractivity contribution >= 4 is 5.97 Å². The molecule has 1 aliphatic carbocycles. The summed E-state index contributed by atoms with van der Waals surface area (Å²) in [7, 11) is 0. The summed E-state index contributed by atoms with van der Waals surface area (Å²) in [4.78, 5) is 12.0. The molecule has 5 atom stereocenters. The molecule has 31 heavy (non-hydrogen) atoms. The van der Waals surface area contributed by atoms with E-state index in [4.69, 9.17) is 28.4 Å². The van der Waals surface area contributed by atoms with E-state index in [0.717, 1.165) is 51.4 Å². The average Bonchev–Trinajstić information content (AvgIpc) is 3.18. The minimum Gasteiger partial charge on any atom is -0.459 e. The van der Waals surface area contributed by atoms with Gasteiger partial charge in [-0.15, -0.1) is 0 Å². The molecule has 0 aromatic rings. The lowest BCUT2D eigenvalue weighted by Crippen LogP contribution is -2.56. The summed E-state index contributed by atoms with van der Waals surface area (Å²) in [5, 5.41) is 0. The van der Waals surface area contributed by atoms with Crippen LogP contribution >= 0.6 is 0 Å². The second-order valence-corrected chi connectivity index (χ2v) is 9.52. The van der Waals surface area contributed by atoms with Gasteiger partial charge in [-0.25, -0.2) is 4.79 Å². The number of carbonyl (C=O) groups is 1. The fraction of sp³-hybridized carbons (Fsp3) is 0.875. The SMILES string of the molecule is C=C(C)C(=O)OCC1O[C@@H]2OC(CCC)(CCC)O[C@@H]2C2OC3(CCCCCC3)OC12. The predicted octanol–water partition coefficient (Wildman–Crippen LogP) is 4.38. The van der Waals surface area contributed by atoms with Gasteiger partial charge in [0.15, 0.2) is 17.9 Å². The van der Waals surface area contributed by atoms with Gasteiger partial charge in [0, 0.05) is 31.3 Å². The molecule has 0 N–H and O–H groups in total. The molecule has 0 aromatic heterocycles. The summed E-state index contributed by atoms with van der Waals surface area (Å²) in [5.74, 6) is -1.69. The van der Waals surface area contributed by atoms with Crippen LogP contribution < -0.4 is 0 Å². The number of carbonyl (C=O) groups excluding carboxylic acids is 1. The molecule has 0 amide bonds. The van der Waals surface area contributed by atoms with Crippen LogP contribution in [0.15, 0.2) is 12.2 Å². The van der Waals surface area contributed by atoms with Crippen LogP contribution in [-0.2, 0) is 33.2 Å². The topological polar surface area (TPSA) is 72.5 Å². The number of fused-ring (bicyclic) bond motifs is 3. The second-order valence-electron chi connectivity index (χ2n) is 9.52. The van der Waals surface area contributed by atoms with E-state index in [0.29, 0.717) is 5.57 Å². The molecule has 0 radical (unpaired) electrons. The maximum atomic E-state index is 12.0. The van der Waals surface area contributed by atoms with Crippen molar-refractivity contribution in [3.63, 3.8) is 0 Å². The van der Waals surface area contributed by atoms with Gasteiger partial charge in [0.2, 0.25) is 0 Å².